The van der Waals surface area contributed by atoms with Crippen LogP contribution in [0.15, 0.2) is 54.6 Å². The molecule has 2 N–H and O–H groups in total. The van der Waals surface area contributed by atoms with E-state index < -0.39 is 0 Å². The molecular weight excluding hydrogens is 408 g/mol. The zero-order chi connectivity index (χ0) is 22.3. The maximum absolute atomic E-state index is 5.04. The van der Waals surface area contributed by atoms with Gasteiger partial charge in [0.25, 0.3) is 0 Å². The van der Waals surface area contributed by atoms with Gasteiger partial charge >= 0.3 is 0 Å². The summed E-state index contributed by atoms with van der Waals surface area (Å²) in [6.07, 6.45) is 0. The van der Waals surface area contributed by atoms with Gasteiger partial charge in [0.2, 0.25) is 0 Å². The highest BCUT2D eigenvalue weighted by atomic mass is 15.0. The highest BCUT2D eigenvalue weighted by Crippen LogP contribution is 2.36. The number of benzene rings is 3. The molecule has 6 nitrogen and oxygen atoms in total. The highest BCUT2D eigenvalue weighted by Gasteiger charge is 2.20. The molecule has 6 aromatic rings. The van der Waals surface area contributed by atoms with Crippen LogP contribution in [0, 0.1) is 20.8 Å². The van der Waals surface area contributed by atoms with Gasteiger partial charge in [0.05, 0.1) is 0 Å². The van der Waals surface area contributed by atoms with Crippen molar-refractivity contribution >= 4 is 44.1 Å². The van der Waals surface area contributed by atoms with E-state index in [1.165, 1.54) is 5.56 Å². The Balaban J connectivity index is 1.78. The lowest BCUT2D eigenvalue weighted by Crippen LogP contribution is -1.83. The minimum Gasteiger partial charge on any atom is -0.324 e. The molecule has 6 bridgehead atoms. The van der Waals surface area contributed by atoms with Crippen LogP contribution in [-0.2, 0) is 0 Å². The molecule has 33 heavy (non-hydrogen) atoms. The van der Waals surface area contributed by atoms with Crippen LogP contribution in [-0.4, -0.2) is 29.9 Å². The first-order valence-electron chi connectivity index (χ1n) is 11.0. The van der Waals surface area contributed by atoms with Gasteiger partial charge in [0.15, 0.2) is 11.6 Å². The van der Waals surface area contributed by atoms with E-state index in [0.29, 0.717) is 11.6 Å². The predicted octanol–water partition coefficient (Wildman–Crippen LogP) is 6.23. The molecule has 0 saturated heterocycles. The third kappa shape index (κ3) is 2.61. The molecule has 1 aliphatic heterocycles. The summed E-state index contributed by atoms with van der Waals surface area (Å²) < 4.78 is 0. The Bertz CT molecular complexity index is 1860. The molecule has 158 valence electrons. The number of nitrogens with zero attached hydrogens (tertiary/aromatic N) is 4. The molecule has 0 fully saturated rings. The Labute approximate surface area is 189 Å². The Morgan fingerprint density at radius 3 is 2.12 bits per heavy atom. The molecule has 1 aliphatic rings. The van der Waals surface area contributed by atoms with Crippen LogP contribution in [0.25, 0.3) is 66.9 Å². The summed E-state index contributed by atoms with van der Waals surface area (Å²) in [4.78, 5) is 26.8. The number of aromatic nitrogens is 6. The smallest absolute Gasteiger partial charge is 0.164 e. The van der Waals surface area contributed by atoms with Crippen molar-refractivity contribution in [1.82, 2.24) is 29.9 Å². The van der Waals surface area contributed by atoms with Crippen molar-refractivity contribution in [1.29, 1.82) is 0 Å². The Morgan fingerprint density at radius 1 is 0.545 bits per heavy atom. The Morgan fingerprint density at radius 2 is 1.24 bits per heavy atom. The van der Waals surface area contributed by atoms with E-state index in [4.69, 9.17) is 19.9 Å². The lowest BCUT2D eigenvalue weighted by Gasteiger charge is -1.99. The van der Waals surface area contributed by atoms with Gasteiger partial charge in [-0.05, 0) is 38.5 Å². The summed E-state index contributed by atoms with van der Waals surface area (Å²) in [5, 5.41) is 4.15. The average Bonchev–Trinajstić information content (AvgIpc) is 3.42. The molecule has 0 atom stereocenters. The summed E-state index contributed by atoms with van der Waals surface area (Å²) >= 11 is 0. The highest BCUT2D eigenvalue weighted by molar-refractivity contribution is 6.09. The number of hydrogen-bond acceptors (Lipinski definition) is 4. The zero-order valence-corrected chi connectivity index (χ0v) is 18.5. The summed E-state index contributed by atoms with van der Waals surface area (Å²) in [5.41, 5.74) is 8.53. The van der Waals surface area contributed by atoms with E-state index in [-0.39, 0.29) is 0 Å². The monoisotopic (exact) mass is 428 g/mol. The molecule has 0 saturated carbocycles. The van der Waals surface area contributed by atoms with Crippen molar-refractivity contribution in [2.45, 2.75) is 20.8 Å². The van der Waals surface area contributed by atoms with Crippen LogP contribution in [0.2, 0.25) is 0 Å². The molecule has 0 spiro atoms. The van der Waals surface area contributed by atoms with Gasteiger partial charge in [0.1, 0.15) is 22.6 Å². The lowest BCUT2D eigenvalue weighted by molar-refractivity contribution is 1.20. The van der Waals surface area contributed by atoms with Crippen molar-refractivity contribution < 1.29 is 0 Å². The van der Waals surface area contributed by atoms with Gasteiger partial charge in [0, 0.05) is 32.7 Å². The Hall–Kier alpha value is -4.32. The van der Waals surface area contributed by atoms with Crippen LogP contribution >= 0.6 is 0 Å². The number of fused-ring (bicyclic) bond motifs is 15. The maximum atomic E-state index is 5.04. The second kappa shape index (κ2) is 6.36. The molecule has 0 unspecified atom stereocenters. The molecule has 6 heteroatoms. The van der Waals surface area contributed by atoms with Crippen LogP contribution in [0.4, 0.5) is 0 Å². The first kappa shape index (κ1) is 18.3. The van der Waals surface area contributed by atoms with Gasteiger partial charge in [-0.1, -0.05) is 53.6 Å². The minimum atomic E-state index is 0.660. The van der Waals surface area contributed by atoms with Crippen LogP contribution in [0.1, 0.15) is 16.7 Å². The third-order valence-electron chi connectivity index (χ3n) is 6.45. The number of nitrogens with one attached hydrogen (secondary N) is 2. The van der Waals surface area contributed by atoms with Crippen LogP contribution in [0.3, 0.4) is 0 Å². The molecule has 0 aliphatic carbocycles. The number of hydrogen-bond donors (Lipinski definition) is 2. The number of aromatic amines is 2. The van der Waals surface area contributed by atoms with E-state index in [1.807, 2.05) is 0 Å². The van der Waals surface area contributed by atoms with Crippen molar-refractivity contribution in [2.75, 3.05) is 0 Å². The van der Waals surface area contributed by atoms with Crippen LogP contribution in [0.5, 0.6) is 0 Å². The quantitative estimate of drug-likeness (QED) is 0.300. The van der Waals surface area contributed by atoms with Crippen molar-refractivity contribution in [3.05, 3.63) is 71.3 Å². The van der Waals surface area contributed by atoms with E-state index in [2.05, 4.69) is 85.3 Å². The minimum absolute atomic E-state index is 0.660. The SMILES string of the molecule is Cc1ccc2c(c1)-c1nc-2nc2[nH]c(nc3[nH]c(n1)c1cccc(C)c31)c1ccc(C)cc21. The Kier molecular flexibility index (Phi) is 3.52. The van der Waals surface area contributed by atoms with Crippen molar-refractivity contribution in [3.8, 4) is 22.8 Å². The molecule has 3 aromatic carbocycles. The van der Waals surface area contributed by atoms with E-state index in [0.717, 1.165) is 66.4 Å². The zero-order valence-electron chi connectivity index (χ0n) is 18.5. The maximum Gasteiger partial charge on any atom is 0.164 e. The van der Waals surface area contributed by atoms with Gasteiger partial charge in [-0.2, -0.15) is 0 Å². The number of H-pyrrole nitrogens is 2. The lowest BCUT2D eigenvalue weighted by atomic mass is 10.1. The summed E-state index contributed by atoms with van der Waals surface area (Å²) in [7, 11) is 0. The van der Waals surface area contributed by atoms with E-state index in [9.17, 15) is 0 Å². The fraction of sp³-hybridized carbons (Fsp3) is 0.111. The largest absolute Gasteiger partial charge is 0.324 e. The molecule has 0 radical (unpaired) electrons. The molecular formula is C27H20N6. The standard InChI is InChI=1S/C27H20N6/c1-13-7-9-16-19(11-13)26-29-22(16)28-25-20-12-14(2)8-10-17(20)23(30-25)32-27-21-15(3)5-4-6-18(21)24(31-26)33-27/h4-12H,1-3H3,(H2,28,29,30,31,32,33). The predicted molar refractivity (Wildman–Crippen MR) is 133 cm³/mol. The average molecular weight is 428 g/mol. The van der Waals surface area contributed by atoms with Crippen molar-refractivity contribution in [3.63, 3.8) is 0 Å². The summed E-state index contributed by atoms with van der Waals surface area (Å²) in [6, 6.07) is 18.9. The van der Waals surface area contributed by atoms with E-state index >= 15 is 0 Å². The second-order valence-electron chi connectivity index (χ2n) is 8.83. The van der Waals surface area contributed by atoms with Gasteiger partial charge in [-0.3, -0.25) is 0 Å². The fourth-order valence-electron chi connectivity index (χ4n) is 4.83. The molecule has 7 rings (SSSR count). The van der Waals surface area contributed by atoms with Gasteiger partial charge < -0.3 is 9.97 Å². The topological polar surface area (TPSA) is 83.1 Å². The second-order valence-corrected chi connectivity index (χ2v) is 8.83. The molecule has 3 aromatic heterocycles. The number of aryl methyl sites for hydroxylation is 3. The molecule has 4 heterocycles. The summed E-state index contributed by atoms with van der Waals surface area (Å²) in [5.74, 6) is 1.32. The van der Waals surface area contributed by atoms with Gasteiger partial charge in [-0.25, -0.2) is 19.9 Å². The van der Waals surface area contributed by atoms with E-state index in [1.54, 1.807) is 0 Å². The van der Waals surface area contributed by atoms with Crippen molar-refractivity contribution in [2.24, 2.45) is 0 Å². The first-order chi connectivity index (χ1) is 16.0. The summed E-state index contributed by atoms with van der Waals surface area (Å²) in [6.45, 7) is 6.27. The first-order valence-corrected chi connectivity index (χ1v) is 11.0. The normalized spacial score (nSPS) is 12.1. The number of rotatable bonds is 0. The van der Waals surface area contributed by atoms with Crippen LogP contribution < -0.4 is 0 Å². The molecule has 0 amide bonds. The van der Waals surface area contributed by atoms with Gasteiger partial charge in [-0.15, -0.1) is 0 Å². The third-order valence-corrected chi connectivity index (χ3v) is 6.45. The fourth-order valence-corrected chi connectivity index (χ4v) is 4.83.